The average Bonchev–Trinajstić information content (AvgIpc) is 2.97. The van der Waals surface area contributed by atoms with Crippen LogP contribution >= 0.6 is 0 Å². The van der Waals surface area contributed by atoms with Gasteiger partial charge in [0.05, 0.1) is 12.3 Å². The predicted molar refractivity (Wildman–Crippen MR) is 75.3 cm³/mol. The normalized spacial score (nSPS) is 13.0. The molecule has 0 saturated carbocycles. The largest absolute Gasteiger partial charge is 0.469 e. The topological polar surface area (TPSA) is 38.3 Å². The minimum Gasteiger partial charge on any atom is -0.469 e. The molecule has 0 spiro atoms. The summed E-state index contributed by atoms with van der Waals surface area (Å²) in [5, 5.41) is 4.42. The first-order valence-corrected chi connectivity index (χ1v) is 6.40. The molecule has 0 saturated heterocycles. The van der Waals surface area contributed by atoms with Gasteiger partial charge < -0.3 is 14.2 Å². The number of rotatable bonds is 3. The highest BCUT2D eigenvalue weighted by Crippen LogP contribution is 2.30. The fourth-order valence-electron chi connectivity index (χ4n) is 2.47. The van der Waals surface area contributed by atoms with Crippen molar-refractivity contribution >= 4 is 11.0 Å². The maximum absolute atomic E-state index is 5.95. The second-order valence-corrected chi connectivity index (χ2v) is 4.84. The van der Waals surface area contributed by atoms with Crippen LogP contribution in [0.25, 0.3) is 11.0 Å². The fraction of sp³-hybridized carbons (Fsp3) is 0.250. The van der Waals surface area contributed by atoms with Crippen molar-refractivity contribution < 1.29 is 8.83 Å². The standard InChI is InChI=1S/C16H17NO2/c1-10-4-5-14-12(8-10)9-15(19-14)16(17-3)13-6-7-18-11(13)2/h4-9,16-17H,1-3H3. The summed E-state index contributed by atoms with van der Waals surface area (Å²) < 4.78 is 11.3. The lowest BCUT2D eigenvalue weighted by molar-refractivity contribution is 0.478. The van der Waals surface area contributed by atoms with Crippen molar-refractivity contribution in [3.8, 4) is 0 Å². The number of benzene rings is 1. The number of furan rings is 2. The molecule has 0 amide bonds. The fourth-order valence-corrected chi connectivity index (χ4v) is 2.47. The first kappa shape index (κ1) is 12.1. The Morgan fingerprint density at radius 2 is 1.95 bits per heavy atom. The van der Waals surface area contributed by atoms with Gasteiger partial charge in [-0.2, -0.15) is 0 Å². The predicted octanol–water partition coefficient (Wildman–Crippen LogP) is 3.95. The number of nitrogens with one attached hydrogen (secondary N) is 1. The van der Waals surface area contributed by atoms with Gasteiger partial charge in [-0.15, -0.1) is 0 Å². The molecule has 1 aromatic carbocycles. The third-order valence-electron chi connectivity index (χ3n) is 3.47. The van der Waals surface area contributed by atoms with E-state index in [4.69, 9.17) is 8.83 Å². The van der Waals surface area contributed by atoms with Gasteiger partial charge in [-0.25, -0.2) is 0 Å². The summed E-state index contributed by atoms with van der Waals surface area (Å²) in [6.07, 6.45) is 1.71. The van der Waals surface area contributed by atoms with Crippen molar-refractivity contribution in [2.45, 2.75) is 19.9 Å². The van der Waals surface area contributed by atoms with E-state index in [9.17, 15) is 0 Å². The summed E-state index contributed by atoms with van der Waals surface area (Å²) in [5.41, 5.74) is 3.26. The molecule has 2 heterocycles. The summed E-state index contributed by atoms with van der Waals surface area (Å²) in [5.74, 6) is 1.82. The molecule has 1 unspecified atom stereocenters. The first-order chi connectivity index (χ1) is 9.19. The third-order valence-corrected chi connectivity index (χ3v) is 3.47. The van der Waals surface area contributed by atoms with Crippen LogP contribution in [0.1, 0.15) is 28.7 Å². The highest BCUT2D eigenvalue weighted by molar-refractivity contribution is 5.79. The summed E-state index contributed by atoms with van der Waals surface area (Å²) in [7, 11) is 1.93. The van der Waals surface area contributed by atoms with Gasteiger partial charge in [0.1, 0.15) is 17.1 Å². The Balaban J connectivity index is 2.09. The van der Waals surface area contributed by atoms with E-state index >= 15 is 0 Å². The zero-order chi connectivity index (χ0) is 13.4. The first-order valence-electron chi connectivity index (χ1n) is 6.40. The molecule has 0 aliphatic carbocycles. The Kier molecular flexibility index (Phi) is 2.91. The van der Waals surface area contributed by atoms with Gasteiger partial charge in [0.2, 0.25) is 0 Å². The molecule has 3 heteroatoms. The Morgan fingerprint density at radius 1 is 1.11 bits per heavy atom. The maximum Gasteiger partial charge on any atom is 0.134 e. The smallest absolute Gasteiger partial charge is 0.134 e. The van der Waals surface area contributed by atoms with Crippen LogP contribution < -0.4 is 5.32 Å². The number of hydrogen-bond acceptors (Lipinski definition) is 3. The van der Waals surface area contributed by atoms with Gasteiger partial charge in [0.25, 0.3) is 0 Å². The van der Waals surface area contributed by atoms with E-state index in [1.165, 1.54) is 5.56 Å². The van der Waals surface area contributed by atoms with E-state index in [1.807, 2.05) is 26.1 Å². The van der Waals surface area contributed by atoms with Crippen LogP contribution in [-0.4, -0.2) is 7.05 Å². The Labute approximate surface area is 112 Å². The van der Waals surface area contributed by atoms with E-state index in [2.05, 4.69) is 30.4 Å². The highest BCUT2D eigenvalue weighted by atomic mass is 16.3. The second kappa shape index (κ2) is 4.59. The molecular formula is C16H17NO2. The van der Waals surface area contributed by atoms with E-state index in [1.54, 1.807) is 6.26 Å². The maximum atomic E-state index is 5.95. The molecule has 1 N–H and O–H groups in total. The average molecular weight is 255 g/mol. The van der Waals surface area contributed by atoms with Crippen LogP contribution in [0, 0.1) is 13.8 Å². The SMILES string of the molecule is CNC(c1cc2cc(C)ccc2o1)c1ccoc1C. The van der Waals surface area contributed by atoms with Crippen molar-refractivity contribution in [1.29, 1.82) is 0 Å². The monoisotopic (exact) mass is 255 g/mol. The van der Waals surface area contributed by atoms with Crippen LogP contribution in [0.5, 0.6) is 0 Å². The van der Waals surface area contributed by atoms with Crippen molar-refractivity contribution in [1.82, 2.24) is 5.32 Å². The molecule has 1 atom stereocenters. The van der Waals surface area contributed by atoms with E-state index in [0.717, 1.165) is 28.1 Å². The Bertz CT molecular complexity index is 708. The molecule has 3 rings (SSSR count). The van der Waals surface area contributed by atoms with Gasteiger partial charge in [-0.05, 0) is 45.2 Å². The second-order valence-electron chi connectivity index (χ2n) is 4.84. The molecule has 2 aromatic heterocycles. The molecule has 0 aliphatic heterocycles. The van der Waals surface area contributed by atoms with Crippen molar-refractivity contribution in [2.75, 3.05) is 7.05 Å². The molecule has 0 fully saturated rings. The number of hydrogen-bond donors (Lipinski definition) is 1. The highest BCUT2D eigenvalue weighted by Gasteiger charge is 2.20. The van der Waals surface area contributed by atoms with E-state index in [-0.39, 0.29) is 6.04 Å². The van der Waals surface area contributed by atoms with Crippen LogP contribution in [0.15, 0.2) is 45.4 Å². The van der Waals surface area contributed by atoms with E-state index < -0.39 is 0 Å². The zero-order valence-electron chi connectivity index (χ0n) is 11.4. The van der Waals surface area contributed by atoms with Crippen LogP contribution in [0.2, 0.25) is 0 Å². The minimum absolute atomic E-state index is 0.0199. The lowest BCUT2D eigenvalue weighted by atomic mass is 10.1. The van der Waals surface area contributed by atoms with Gasteiger partial charge >= 0.3 is 0 Å². The Hall–Kier alpha value is -2.00. The minimum atomic E-state index is 0.0199. The van der Waals surface area contributed by atoms with Crippen molar-refractivity contribution in [3.63, 3.8) is 0 Å². The summed E-state index contributed by atoms with van der Waals surface area (Å²) in [6.45, 7) is 4.05. The molecule has 98 valence electrons. The molecule has 0 aliphatic rings. The number of aryl methyl sites for hydroxylation is 2. The molecule has 19 heavy (non-hydrogen) atoms. The van der Waals surface area contributed by atoms with Crippen molar-refractivity contribution in [2.24, 2.45) is 0 Å². The van der Waals surface area contributed by atoms with Gasteiger partial charge in [0, 0.05) is 10.9 Å². The Morgan fingerprint density at radius 3 is 2.63 bits per heavy atom. The van der Waals surface area contributed by atoms with E-state index in [0.29, 0.717) is 0 Å². The third kappa shape index (κ3) is 2.06. The molecule has 0 radical (unpaired) electrons. The van der Waals surface area contributed by atoms with Gasteiger partial charge in [-0.3, -0.25) is 0 Å². The lowest BCUT2D eigenvalue weighted by Crippen LogP contribution is -2.17. The number of fused-ring (bicyclic) bond motifs is 1. The molecule has 3 nitrogen and oxygen atoms in total. The van der Waals surface area contributed by atoms with Crippen LogP contribution in [0.4, 0.5) is 0 Å². The summed E-state index contributed by atoms with van der Waals surface area (Å²) in [6, 6.07) is 10.3. The molecule has 3 aromatic rings. The summed E-state index contributed by atoms with van der Waals surface area (Å²) >= 11 is 0. The molecule has 0 bridgehead atoms. The quantitative estimate of drug-likeness (QED) is 0.770. The van der Waals surface area contributed by atoms with Crippen LogP contribution in [0.3, 0.4) is 0 Å². The van der Waals surface area contributed by atoms with Crippen LogP contribution in [-0.2, 0) is 0 Å². The lowest BCUT2D eigenvalue weighted by Gasteiger charge is -2.12. The zero-order valence-corrected chi connectivity index (χ0v) is 11.4. The summed E-state index contributed by atoms with van der Waals surface area (Å²) in [4.78, 5) is 0. The van der Waals surface area contributed by atoms with Crippen molar-refractivity contribution in [3.05, 3.63) is 59.2 Å². The molecular weight excluding hydrogens is 238 g/mol. The van der Waals surface area contributed by atoms with Gasteiger partial charge in [-0.1, -0.05) is 11.6 Å². The van der Waals surface area contributed by atoms with Gasteiger partial charge in [0.15, 0.2) is 0 Å².